The van der Waals surface area contributed by atoms with E-state index >= 15 is 0 Å². The Hall–Kier alpha value is -1.89. The second-order valence-corrected chi connectivity index (χ2v) is 8.47. The SMILES string of the molecule is CNC(=O)C1OC2(CCN(Cc3cnn(C(C)C)c3)CC2)c2cc(Cl)ccc21. The molecule has 150 valence electrons. The molecule has 2 aliphatic heterocycles. The van der Waals surface area contributed by atoms with Crippen LogP contribution in [0.25, 0.3) is 0 Å². The van der Waals surface area contributed by atoms with E-state index in [1.807, 2.05) is 29.1 Å². The van der Waals surface area contributed by atoms with Crippen molar-refractivity contribution >= 4 is 17.5 Å². The maximum absolute atomic E-state index is 12.4. The number of likely N-dealkylation sites (tertiary alicyclic amines) is 1. The number of ether oxygens (including phenoxy) is 1. The second kappa shape index (κ2) is 7.50. The highest BCUT2D eigenvalue weighted by atomic mass is 35.5. The number of likely N-dealkylation sites (N-methyl/N-ethyl adjacent to an activating group) is 1. The Morgan fingerprint density at radius 1 is 1.39 bits per heavy atom. The minimum atomic E-state index is -0.562. The second-order valence-electron chi connectivity index (χ2n) is 8.04. The van der Waals surface area contributed by atoms with Crippen LogP contribution in [0.3, 0.4) is 0 Å². The van der Waals surface area contributed by atoms with Gasteiger partial charge in [0.2, 0.25) is 0 Å². The number of fused-ring (bicyclic) bond motifs is 2. The Bertz CT molecular complexity index is 871. The van der Waals surface area contributed by atoms with Crippen LogP contribution in [0.2, 0.25) is 5.02 Å². The first-order chi connectivity index (χ1) is 13.4. The smallest absolute Gasteiger partial charge is 0.253 e. The highest BCUT2D eigenvalue weighted by Crippen LogP contribution is 2.50. The summed E-state index contributed by atoms with van der Waals surface area (Å²) in [5.74, 6) is -0.107. The lowest BCUT2D eigenvalue weighted by Crippen LogP contribution is -2.42. The number of amides is 1. The standard InChI is InChI=1S/C21H27ClN4O2/c1-14(2)26-13-15(11-24-26)12-25-8-6-21(7-9-25)18-10-16(22)4-5-17(18)19(28-21)20(27)23-3/h4-5,10-11,13-14,19H,6-9,12H2,1-3H3,(H,23,27). The predicted molar refractivity (Wildman–Crippen MR) is 108 cm³/mol. The molecule has 3 heterocycles. The van der Waals surface area contributed by atoms with E-state index in [0.29, 0.717) is 11.1 Å². The zero-order valence-electron chi connectivity index (χ0n) is 16.6. The lowest BCUT2D eigenvalue weighted by Gasteiger charge is -2.39. The minimum absolute atomic E-state index is 0.107. The van der Waals surface area contributed by atoms with Gasteiger partial charge >= 0.3 is 0 Å². The van der Waals surface area contributed by atoms with E-state index in [4.69, 9.17) is 16.3 Å². The average Bonchev–Trinajstić information content (AvgIpc) is 3.27. The zero-order valence-corrected chi connectivity index (χ0v) is 17.4. The minimum Gasteiger partial charge on any atom is -0.357 e. The molecule has 0 aliphatic carbocycles. The summed E-state index contributed by atoms with van der Waals surface area (Å²) in [5, 5.41) is 7.84. The zero-order chi connectivity index (χ0) is 19.9. The summed E-state index contributed by atoms with van der Waals surface area (Å²) in [6.45, 7) is 6.94. The summed E-state index contributed by atoms with van der Waals surface area (Å²) in [7, 11) is 1.65. The van der Waals surface area contributed by atoms with E-state index in [1.165, 1.54) is 5.56 Å². The summed E-state index contributed by atoms with van der Waals surface area (Å²) < 4.78 is 8.38. The van der Waals surface area contributed by atoms with Crippen LogP contribution in [0.15, 0.2) is 30.6 Å². The molecule has 1 fully saturated rings. The molecule has 28 heavy (non-hydrogen) atoms. The summed E-state index contributed by atoms with van der Waals surface area (Å²) in [6, 6.07) is 6.11. The first kappa shape index (κ1) is 19.4. The van der Waals surface area contributed by atoms with Crippen LogP contribution in [-0.2, 0) is 21.7 Å². The molecular weight excluding hydrogens is 376 g/mol. The molecule has 4 rings (SSSR count). The highest BCUT2D eigenvalue weighted by molar-refractivity contribution is 6.30. The first-order valence-electron chi connectivity index (χ1n) is 9.86. The van der Waals surface area contributed by atoms with E-state index in [9.17, 15) is 4.79 Å². The van der Waals surface area contributed by atoms with Crippen molar-refractivity contribution in [2.75, 3.05) is 20.1 Å². The van der Waals surface area contributed by atoms with Crippen LogP contribution in [-0.4, -0.2) is 40.7 Å². The third kappa shape index (κ3) is 3.45. The number of halogens is 1. The molecule has 2 aromatic rings. The molecule has 1 spiro atoms. The van der Waals surface area contributed by atoms with Crippen molar-refractivity contribution in [2.45, 2.75) is 51.0 Å². The molecule has 1 aromatic heterocycles. The summed E-state index contributed by atoms with van der Waals surface area (Å²) in [5.41, 5.74) is 2.80. The van der Waals surface area contributed by atoms with Crippen molar-refractivity contribution in [3.05, 3.63) is 52.3 Å². The molecule has 6 nitrogen and oxygen atoms in total. The number of carbonyl (C=O) groups excluding carboxylic acids is 1. The third-order valence-electron chi connectivity index (χ3n) is 5.87. The molecule has 0 bridgehead atoms. The van der Waals surface area contributed by atoms with Gasteiger partial charge in [-0.15, -0.1) is 0 Å². The van der Waals surface area contributed by atoms with Crippen molar-refractivity contribution in [3.63, 3.8) is 0 Å². The molecule has 0 saturated carbocycles. The van der Waals surface area contributed by atoms with Crippen LogP contribution in [0.5, 0.6) is 0 Å². The maximum Gasteiger partial charge on any atom is 0.253 e. The van der Waals surface area contributed by atoms with E-state index < -0.39 is 11.7 Å². The van der Waals surface area contributed by atoms with E-state index in [2.05, 4.69) is 35.4 Å². The van der Waals surface area contributed by atoms with Crippen LogP contribution < -0.4 is 5.32 Å². The maximum atomic E-state index is 12.4. The monoisotopic (exact) mass is 402 g/mol. The molecule has 7 heteroatoms. The predicted octanol–water partition coefficient (Wildman–Crippen LogP) is 3.43. The van der Waals surface area contributed by atoms with Crippen LogP contribution in [0.4, 0.5) is 0 Å². The summed E-state index contributed by atoms with van der Waals surface area (Å²) >= 11 is 6.27. The van der Waals surface area contributed by atoms with Gasteiger partial charge in [0.25, 0.3) is 5.91 Å². The number of hydrogen-bond donors (Lipinski definition) is 1. The molecule has 1 amide bonds. The fraction of sp³-hybridized carbons (Fsp3) is 0.524. The van der Waals surface area contributed by atoms with Crippen molar-refractivity contribution < 1.29 is 9.53 Å². The van der Waals surface area contributed by atoms with Gasteiger partial charge in [0, 0.05) is 49.5 Å². The number of aromatic nitrogens is 2. The Morgan fingerprint density at radius 2 is 2.14 bits per heavy atom. The number of nitrogens with zero attached hydrogens (tertiary/aromatic N) is 3. The van der Waals surface area contributed by atoms with Crippen molar-refractivity contribution in [3.8, 4) is 0 Å². The number of rotatable bonds is 4. The number of benzene rings is 1. The number of nitrogens with one attached hydrogen (secondary N) is 1. The first-order valence-corrected chi connectivity index (χ1v) is 10.2. The Kier molecular flexibility index (Phi) is 5.21. The highest BCUT2D eigenvalue weighted by Gasteiger charge is 2.48. The molecule has 1 saturated heterocycles. The fourth-order valence-corrected chi connectivity index (χ4v) is 4.46. The molecule has 2 aliphatic rings. The van der Waals surface area contributed by atoms with Gasteiger partial charge in [-0.2, -0.15) is 5.10 Å². The van der Waals surface area contributed by atoms with Gasteiger partial charge < -0.3 is 10.1 Å². The van der Waals surface area contributed by atoms with Crippen LogP contribution >= 0.6 is 11.6 Å². The molecule has 1 aromatic carbocycles. The van der Waals surface area contributed by atoms with Gasteiger partial charge in [-0.1, -0.05) is 17.7 Å². The normalized spacial score (nSPS) is 21.2. The van der Waals surface area contributed by atoms with Gasteiger partial charge in [-0.05, 0) is 49.9 Å². The van der Waals surface area contributed by atoms with Gasteiger partial charge in [0.05, 0.1) is 11.8 Å². The molecule has 1 unspecified atom stereocenters. The average molecular weight is 403 g/mol. The quantitative estimate of drug-likeness (QED) is 0.851. The molecule has 1 atom stereocenters. The number of carbonyl (C=O) groups is 1. The summed E-state index contributed by atoms with van der Waals surface area (Å²) in [6.07, 6.45) is 5.19. The van der Waals surface area contributed by atoms with Gasteiger partial charge in [0.1, 0.15) is 0 Å². The Balaban J connectivity index is 1.50. The van der Waals surface area contributed by atoms with E-state index in [0.717, 1.165) is 43.6 Å². The Labute approximate surface area is 170 Å². The molecule has 1 N–H and O–H groups in total. The van der Waals surface area contributed by atoms with Crippen LogP contribution in [0, 0.1) is 0 Å². The largest absolute Gasteiger partial charge is 0.357 e. The van der Waals surface area contributed by atoms with E-state index in [1.54, 1.807) is 7.05 Å². The Morgan fingerprint density at radius 3 is 2.79 bits per heavy atom. The number of hydrogen-bond acceptors (Lipinski definition) is 4. The van der Waals surface area contributed by atoms with E-state index in [-0.39, 0.29) is 5.91 Å². The molecular formula is C21H27ClN4O2. The third-order valence-corrected chi connectivity index (χ3v) is 6.11. The van der Waals surface area contributed by atoms with Gasteiger partial charge in [-0.3, -0.25) is 14.4 Å². The lowest BCUT2D eigenvalue weighted by atomic mass is 9.83. The number of piperidine rings is 1. The molecule has 0 radical (unpaired) electrons. The summed E-state index contributed by atoms with van der Waals surface area (Å²) in [4.78, 5) is 14.8. The van der Waals surface area contributed by atoms with Crippen LogP contribution in [0.1, 0.15) is 55.5 Å². The van der Waals surface area contributed by atoms with Crippen molar-refractivity contribution in [1.29, 1.82) is 0 Å². The van der Waals surface area contributed by atoms with Gasteiger partial charge in [0.15, 0.2) is 6.10 Å². The van der Waals surface area contributed by atoms with Crippen molar-refractivity contribution in [1.82, 2.24) is 20.0 Å². The topological polar surface area (TPSA) is 59.4 Å². The van der Waals surface area contributed by atoms with Gasteiger partial charge in [-0.25, -0.2) is 0 Å². The fourth-order valence-electron chi connectivity index (χ4n) is 4.29. The lowest BCUT2D eigenvalue weighted by molar-refractivity contribution is -0.150. The van der Waals surface area contributed by atoms with Crippen molar-refractivity contribution in [2.24, 2.45) is 0 Å².